The summed E-state index contributed by atoms with van der Waals surface area (Å²) in [4.78, 5) is 10.6. The molecule has 0 spiro atoms. The van der Waals surface area contributed by atoms with Gasteiger partial charge in [0.05, 0.1) is 0 Å². The van der Waals surface area contributed by atoms with Crippen LogP contribution in [0.25, 0.3) is 0 Å². The molecule has 0 bridgehead atoms. The minimum absolute atomic E-state index is 0. The number of hydrogen-bond donors (Lipinski definition) is 2. The number of amides is 1. The van der Waals surface area contributed by atoms with E-state index in [2.05, 4.69) is 5.32 Å². The van der Waals surface area contributed by atoms with Gasteiger partial charge in [-0.05, 0) is 18.2 Å². The van der Waals surface area contributed by atoms with E-state index < -0.39 is 0 Å². The predicted molar refractivity (Wildman–Crippen MR) is 56.0 cm³/mol. The molecule has 0 aliphatic rings. The minimum atomic E-state index is -0.0874. The standard InChI is InChI=1S/C8H10N2O.ClH.H2O/c1-6(11)10-8-4-2-3-7(9)5-8;;/h2-5H,9H2,1H3,(H,10,11);1H;1H2. The lowest BCUT2D eigenvalue weighted by atomic mass is 10.3. The Balaban J connectivity index is 0. The molecule has 0 aliphatic heterocycles. The first-order valence-electron chi connectivity index (χ1n) is 3.31. The van der Waals surface area contributed by atoms with Crippen molar-refractivity contribution in [2.75, 3.05) is 11.1 Å². The van der Waals surface area contributed by atoms with Crippen molar-refractivity contribution in [3.8, 4) is 0 Å². The molecule has 13 heavy (non-hydrogen) atoms. The topological polar surface area (TPSA) is 86.6 Å². The number of carbonyl (C=O) groups is 1. The summed E-state index contributed by atoms with van der Waals surface area (Å²) < 4.78 is 0. The fraction of sp³-hybridized carbons (Fsp3) is 0.125. The summed E-state index contributed by atoms with van der Waals surface area (Å²) in [5, 5.41) is 2.63. The van der Waals surface area contributed by atoms with Gasteiger partial charge in [-0.15, -0.1) is 12.4 Å². The Morgan fingerprint density at radius 3 is 2.54 bits per heavy atom. The normalized spacial score (nSPS) is 7.77. The molecule has 1 rings (SSSR count). The summed E-state index contributed by atoms with van der Waals surface area (Å²) in [6.07, 6.45) is 0. The lowest BCUT2D eigenvalue weighted by Gasteiger charge is -2.01. The van der Waals surface area contributed by atoms with E-state index in [4.69, 9.17) is 5.73 Å². The molecular formula is C8H13ClN2O2. The van der Waals surface area contributed by atoms with E-state index in [0.717, 1.165) is 5.69 Å². The van der Waals surface area contributed by atoms with Gasteiger partial charge in [0.1, 0.15) is 0 Å². The van der Waals surface area contributed by atoms with Crippen molar-refractivity contribution in [2.24, 2.45) is 0 Å². The van der Waals surface area contributed by atoms with Crippen molar-refractivity contribution in [1.29, 1.82) is 0 Å². The molecule has 0 aromatic heterocycles. The third kappa shape index (κ3) is 5.05. The number of benzene rings is 1. The fourth-order valence-electron chi connectivity index (χ4n) is 0.820. The molecule has 5 heteroatoms. The van der Waals surface area contributed by atoms with E-state index in [1.54, 1.807) is 24.3 Å². The van der Waals surface area contributed by atoms with Crippen LogP contribution < -0.4 is 11.1 Å². The van der Waals surface area contributed by atoms with Crippen molar-refractivity contribution in [3.05, 3.63) is 24.3 Å². The van der Waals surface area contributed by atoms with Gasteiger partial charge in [-0.25, -0.2) is 0 Å². The highest BCUT2D eigenvalue weighted by Gasteiger charge is 1.93. The first-order valence-corrected chi connectivity index (χ1v) is 3.31. The summed E-state index contributed by atoms with van der Waals surface area (Å²) in [5.74, 6) is -0.0874. The van der Waals surface area contributed by atoms with Crippen LogP contribution in [0.3, 0.4) is 0 Å². The molecule has 0 radical (unpaired) electrons. The zero-order chi connectivity index (χ0) is 8.27. The van der Waals surface area contributed by atoms with Crippen LogP contribution in [0.4, 0.5) is 11.4 Å². The molecular weight excluding hydrogens is 192 g/mol. The third-order valence-electron chi connectivity index (χ3n) is 1.21. The van der Waals surface area contributed by atoms with Gasteiger partial charge in [0.15, 0.2) is 0 Å². The van der Waals surface area contributed by atoms with Gasteiger partial charge < -0.3 is 16.5 Å². The highest BCUT2D eigenvalue weighted by atomic mass is 35.5. The fourth-order valence-corrected chi connectivity index (χ4v) is 0.820. The molecule has 1 aromatic rings. The van der Waals surface area contributed by atoms with Crippen molar-refractivity contribution in [2.45, 2.75) is 6.92 Å². The van der Waals surface area contributed by atoms with E-state index in [9.17, 15) is 4.79 Å². The SMILES string of the molecule is CC(=O)Nc1cccc(N)c1.Cl.O. The molecule has 1 aromatic carbocycles. The van der Waals surface area contributed by atoms with Crippen LogP contribution in [0.5, 0.6) is 0 Å². The summed E-state index contributed by atoms with van der Waals surface area (Å²) in [5.41, 5.74) is 6.87. The number of nitrogens with one attached hydrogen (secondary N) is 1. The highest BCUT2D eigenvalue weighted by Crippen LogP contribution is 2.10. The van der Waals surface area contributed by atoms with Gasteiger partial charge in [0.25, 0.3) is 0 Å². The Labute approximate surface area is 82.8 Å². The van der Waals surface area contributed by atoms with E-state index in [1.807, 2.05) is 0 Å². The Hall–Kier alpha value is -1.26. The molecule has 0 saturated heterocycles. The molecule has 0 fully saturated rings. The molecule has 0 unspecified atom stereocenters. The van der Waals surface area contributed by atoms with Gasteiger partial charge in [-0.2, -0.15) is 0 Å². The summed E-state index contributed by atoms with van der Waals surface area (Å²) in [6, 6.07) is 7.06. The Morgan fingerprint density at radius 2 is 2.08 bits per heavy atom. The van der Waals surface area contributed by atoms with E-state index in [1.165, 1.54) is 6.92 Å². The van der Waals surface area contributed by atoms with Crippen molar-refractivity contribution in [1.82, 2.24) is 0 Å². The molecule has 5 N–H and O–H groups in total. The number of hydrogen-bond acceptors (Lipinski definition) is 2. The highest BCUT2D eigenvalue weighted by molar-refractivity contribution is 5.89. The Morgan fingerprint density at radius 1 is 1.46 bits per heavy atom. The smallest absolute Gasteiger partial charge is 0.221 e. The lowest BCUT2D eigenvalue weighted by Crippen LogP contribution is -2.05. The van der Waals surface area contributed by atoms with E-state index >= 15 is 0 Å². The first kappa shape index (κ1) is 14.3. The average molecular weight is 205 g/mol. The monoisotopic (exact) mass is 204 g/mol. The number of nitrogen functional groups attached to an aromatic ring is 1. The Bertz CT molecular complexity index is 279. The zero-order valence-electron chi connectivity index (χ0n) is 7.20. The van der Waals surface area contributed by atoms with Crippen molar-refractivity contribution < 1.29 is 10.3 Å². The van der Waals surface area contributed by atoms with Crippen molar-refractivity contribution in [3.63, 3.8) is 0 Å². The van der Waals surface area contributed by atoms with Crippen LogP contribution in [0.2, 0.25) is 0 Å². The molecule has 1 amide bonds. The maximum absolute atomic E-state index is 10.6. The largest absolute Gasteiger partial charge is 0.412 e. The van der Waals surface area contributed by atoms with Crippen molar-refractivity contribution >= 4 is 29.7 Å². The summed E-state index contributed by atoms with van der Waals surface area (Å²) >= 11 is 0. The third-order valence-corrected chi connectivity index (χ3v) is 1.21. The second-order valence-electron chi connectivity index (χ2n) is 2.31. The number of rotatable bonds is 1. The van der Waals surface area contributed by atoms with Crippen LogP contribution in [-0.4, -0.2) is 11.4 Å². The van der Waals surface area contributed by atoms with Gasteiger partial charge in [0.2, 0.25) is 5.91 Å². The van der Waals surface area contributed by atoms with Crippen LogP contribution in [0.1, 0.15) is 6.92 Å². The van der Waals surface area contributed by atoms with E-state index in [0.29, 0.717) is 5.69 Å². The minimum Gasteiger partial charge on any atom is -0.412 e. The number of nitrogens with two attached hydrogens (primary N) is 1. The quantitative estimate of drug-likeness (QED) is 0.664. The molecule has 0 saturated carbocycles. The second-order valence-corrected chi connectivity index (χ2v) is 2.31. The number of halogens is 1. The lowest BCUT2D eigenvalue weighted by molar-refractivity contribution is -0.114. The Kier molecular flexibility index (Phi) is 6.89. The molecule has 0 heterocycles. The zero-order valence-corrected chi connectivity index (χ0v) is 8.02. The van der Waals surface area contributed by atoms with Crippen LogP contribution in [0, 0.1) is 0 Å². The maximum atomic E-state index is 10.6. The molecule has 74 valence electrons. The molecule has 0 atom stereocenters. The van der Waals surface area contributed by atoms with Gasteiger partial charge in [0, 0.05) is 18.3 Å². The summed E-state index contributed by atoms with van der Waals surface area (Å²) in [6.45, 7) is 1.46. The van der Waals surface area contributed by atoms with Crippen LogP contribution in [-0.2, 0) is 4.79 Å². The summed E-state index contributed by atoms with van der Waals surface area (Å²) in [7, 11) is 0. The number of carbonyl (C=O) groups excluding carboxylic acids is 1. The van der Waals surface area contributed by atoms with Gasteiger partial charge in [-0.3, -0.25) is 4.79 Å². The van der Waals surface area contributed by atoms with Crippen LogP contribution >= 0.6 is 12.4 Å². The molecule has 0 aliphatic carbocycles. The predicted octanol–water partition coefficient (Wildman–Crippen LogP) is 0.824. The van der Waals surface area contributed by atoms with Gasteiger partial charge in [-0.1, -0.05) is 6.07 Å². The first-order chi connectivity index (χ1) is 5.18. The van der Waals surface area contributed by atoms with Crippen LogP contribution in [0.15, 0.2) is 24.3 Å². The molecule has 4 nitrogen and oxygen atoms in total. The maximum Gasteiger partial charge on any atom is 0.221 e. The van der Waals surface area contributed by atoms with Gasteiger partial charge >= 0.3 is 0 Å². The van der Waals surface area contributed by atoms with E-state index in [-0.39, 0.29) is 23.8 Å². The number of anilines is 2. The second kappa shape index (κ2) is 6.28. The average Bonchev–Trinajstić information content (AvgIpc) is 1.85.